The van der Waals surface area contributed by atoms with Gasteiger partial charge in [-0.05, 0) is 64.4 Å². The highest BCUT2D eigenvalue weighted by molar-refractivity contribution is 14.1. The van der Waals surface area contributed by atoms with E-state index in [0.717, 1.165) is 30.1 Å². The molecule has 0 spiro atoms. The fourth-order valence-corrected chi connectivity index (χ4v) is 4.78. The standard InChI is InChI=1S/C28H42FIN4O3/c1-7-35-14-12-34(13-15-36-8-2)28(4,5)23-17-22(25(32-6)18-26(23)37-9-3)27(31)33-21-10-11-24(29)20(16-21)19-30/h10-11,16-18,32H,7-9,12-15,19H2,1-6H3,(H2,31,33). The van der Waals surface area contributed by atoms with Gasteiger partial charge in [0.15, 0.2) is 0 Å². The van der Waals surface area contributed by atoms with Gasteiger partial charge in [-0.2, -0.15) is 0 Å². The summed E-state index contributed by atoms with van der Waals surface area (Å²) in [7, 11) is 1.83. The summed E-state index contributed by atoms with van der Waals surface area (Å²) in [6.07, 6.45) is 0. The van der Waals surface area contributed by atoms with Gasteiger partial charge in [0.2, 0.25) is 0 Å². The molecule has 0 aliphatic heterocycles. The van der Waals surface area contributed by atoms with Crippen molar-refractivity contribution in [3.05, 3.63) is 52.8 Å². The summed E-state index contributed by atoms with van der Waals surface area (Å²) in [5.41, 5.74) is 3.26. The summed E-state index contributed by atoms with van der Waals surface area (Å²) in [5, 5.41) is 15.3. The third kappa shape index (κ3) is 8.53. The van der Waals surface area contributed by atoms with E-state index in [1.165, 1.54) is 6.07 Å². The largest absolute Gasteiger partial charge is 0.493 e. The van der Waals surface area contributed by atoms with Crippen molar-refractivity contribution in [2.75, 3.05) is 63.8 Å². The summed E-state index contributed by atoms with van der Waals surface area (Å²) in [4.78, 5) is 2.34. The zero-order valence-corrected chi connectivity index (χ0v) is 25.1. The molecule has 0 fully saturated rings. The summed E-state index contributed by atoms with van der Waals surface area (Å²) in [6, 6.07) is 8.81. The Balaban J connectivity index is 2.51. The lowest BCUT2D eigenvalue weighted by atomic mass is 9.88. The van der Waals surface area contributed by atoms with Crippen molar-refractivity contribution in [1.82, 2.24) is 4.90 Å². The van der Waals surface area contributed by atoms with Crippen molar-refractivity contribution < 1.29 is 18.6 Å². The zero-order valence-electron chi connectivity index (χ0n) is 23.0. The number of hydrogen-bond acceptors (Lipinski definition) is 6. The molecule has 0 amide bonds. The number of nitrogens with one attached hydrogen (secondary N) is 3. The van der Waals surface area contributed by atoms with Crippen LogP contribution in [0.2, 0.25) is 0 Å². The van der Waals surface area contributed by atoms with Crippen molar-refractivity contribution in [3.8, 4) is 5.75 Å². The minimum absolute atomic E-state index is 0.214. The highest BCUT2D eigenvalue weighted by Crippen LogP contribution is 2.38. The normalized spacial score (nSPS) is 11.6. The van der Waals surface area contributed by atoms with Gasteiger partial charge in [-0.3, -0.25) is 10.3 Å². The molecule has 7 nitrogen and oxygen atoms in total. The number of rotatable bonds is 16. The lowest BCUT2D eigenvalue weighted by Gasteiger charge is -2.40. The van der Waals surface area contributed by atoms with Crippen molar-refractivity contribution in [2.24, 2.45) is 0 Å². The number of amidine groups is 1. The van der Waals surface area contributed by atoms with Crippen LogP contribution in [0.4, 0.5) is 15.8 Å². The Labute approximate surface area is 235 Å². The van der Waals surface area contributed by atoms with E-state index in [2.05, 4.69) is 52.0 Å². The molecule has 0 radical (unpaired) electrons. The van der Waals surface area contributed by atoms with Crippen molar-refractivity contribution >= 4 is 39.8 Å². The van der Waals surface area contributed by atoms with Gasteiger partial charge in [-0.15, -0.1) is 0 Å². The van der Waals surface area contributed by atoms with E-state index in [1.54, 1.807) is 12.1 Å². The second-order valence-electron chi connectivity index (χ2n) is 8.96. The van der Waals surface area contributed by atoms with E-state index < -0.39 is 5.54 Å². The highest BCUT2D eigenvalue weighted by atomic mass is 127. The van der Waals surface area contributed by atoms with Crippen LogP contribution >= 0.6 is 22.6 Å². The monoisotopic (exact) mass is 628 g/mol. The van der Waals surface area contributed by atoms with Crippen LogP contribution in [0, 0.1) is 11.2 Å². The summed E-state index contributed by atoms with van der Waals surface area (Å²) in [5.74, 6) is 0.734. The molecule has 9 heteroatoms. The molecule has 0 aliphatic carbocycles. The predicted molar refractivity (Wildman–Crippen MR) is 159 cm³/mol. The quantitative estimate of drug-likeness (QED) is 0.0671. The lowest BCUT2D eigenvalue weighted by Crippen LogP contribution is -2.45. The van der Waals surface area contributed by atoms with Crippen LogP contribution in [-0.2, 0) is 19.4 Å². The van der Waals surface area contributed by atoms with E-state index in [1.807, 2.05) is 40.0 Å². The first-order valence-corrected chi connectivity index (χ1v) is 14.4. The average molecular weight is 629 g/mol. The molecule has 2 aromatic carbocycles. The number of halogens is 2. The molecule has 0 heterocycles. The predicted octanol–water partition coefficient (Wildman–Crippen LogP) is 6.25. The first-order chi connectivity index (χ1) is 17.7. The van der Waals surface area contributed by atoms with Gasteiger partial charge in [0.05, 0.1) is 19.8 Å². The van der Waals surface area contributed by atoms with Crippen LogP contribution in [0.1, 0.15) is 51.3 Å². The third-order valence-corrected chi connectivity index (χ3v) is 7.11. The Morgan fingerprint density at radius 1 is 1.03 bits per heavy atom. The number of alkyl halides is 1. The van der Waals surface area contributed by atoms with Crippen LogP contribution in [0.25, 0.3) is 0 Å². The Morgan fingerprint density at radius 2 is 1.68 bits per heavy atom. The maximum Gasteiger partial charge on any atom is 0.132 e. The van der Waals surface area contributed by atoms with Gasteiger partial charge in [0.1, 0.15) is 17.4 Å². The molecular formula is C28H42FIN4O3. The molecule has 2 aromatic rings. The number of anilines is 2. The molecular weight excluding hydrogens is 586 g/mol. The van der Waals surface area contributed by atoms with Crippen LogP contribution in [0.15, 0.2) is 30.3 Å². The van der Waals surface area contributed by atoms with E-state index in [4.69, 9.17) is 19.6 Å². The maximum atomic E-state index is 14.0. The van der Waals surface area contributed by atoms with Crippen LogP contribution in [-0.4, -0.2) is 63.9 Å². The maximum absolute atomic E-state index is 14.0. The van der Waals surface area contributed by atoms with E-state index in [9.17, 15) is 4.39 Å². The van der Waals surface area contributed by atoms with Gasteiger partial charge < -0.3 is 24.8 Å². The SMILES string of the molecule is CCOCCN(CCOCC)C(C)(C)c1cc(C(=N)Nc2ccc(F)c(CI)c2)c(NC)cc1OCC. The van der Waals surface area contributed by atoms with E-state index >= 15 is 0 Å². The third-order valence-electron chi connectivity index (χ3n) is 6.29. The number of hydrogen-bond donors (Lipinski definition) is 3. The van der Waals surface area contributed by atoms with E-state index in [0.29, 0.717) is 54.3 Å². The topological polar surface area (TPSA) is 78.8 Å². The smallest absolute Gasteiger partial charge is 0.132 e. The molecule has 0 atom stereocenters. The molecule has 0 saturated heterocycles. The van der Waals surface area contributed by atoms with Crippen LogP contribution in [0.5, 0.6) is 5.75 Å². The molecule has 0 aromatic heterocycles. The number of nitrogens with zero attached hydrogens (tertiary/aromatic N) is 1. The Kier molecular flexibility index (Phi) is 13.1. The summed E-state index contributed by atoms with van der Waals surface area (Å²) < 4.78 is 32.0. The van der Waals surface area contributed by atoms with Crippen molar-refractivity contribution in [2.45, 2.75) is 44.6 Å². The minimum atomic E-state index is -0.440. The van der Waals surface area contributed by atoms with E-state index in [-0.39, 0.29) is 11.7 Å². The number of ether oxygens (including phenoxy) is 3. The summed E-state index contributed by atoms with van der Waals surface area (Å²) >= 11 is 2.14. The van der Waals surface area contributed by atoms with Crippen molar-refractivity contribution in [3.63, 3.8) is 0 Å². The van der Waals surface area contributed by atoms with Gasteiger partial charge >= 0.3 is 0 Å². The Hall–Kier alpha value is -1.95. The summed E-state index contributed by atoms with van der Waals surface area (Å²) in [6.45, 7) is 14.8. The molecule has 3 N–H and O–H groups in total. The second kappa shape index (κ2) is 15.5. The highest BCUT2D eigenvalue weighted by Gasteiger charge is 2.33. The molecule has 206 valence electrons. The minimum Gasteiger partial charge on any atom is -0.493 e. The molecule has 0 saturated carbocycles. The molecule has 37 heavy (non-hydrogen) atoms. The van der Waals surface area contributed by atoms with Crippen molar-refractivity contribution in [1.29, 1.82) is 5.41 Å². The molecule has 0 bridgehead atoms. The lowest BCUT2D eigenvalue weighted by molar-refractivity contribution is 0.0314. The molecule has 0 unspecified atom stereocenters. The van der Waals surface area contributed by atoms with Crippen LogP contribution < -0.4 is 15.4 Å². The fourth-order valence-electron chi connectivity index (χ4n) is 4.19. The first kappa shape index (κ1) is 31.3. The van der Waals surface area contributed by atoms with Gasteiger partial charge in [0, 0.05) is 71.9 Å². The van der Waals surface area contributed by atoms with Crippen LogP contribution in [0.3, 0.4) is 0 Å². The number of benzene rings is 2. The zero-order chi connectivity index (χ0) is 27.4. The average Bonchev–Trinajstić information content (AvgIpc) is 2.88. The molecule has 0 aliphatic rings. The fraction of sp³-hybridized carbons (Fsp3) is 0.536. The van der Waals surface area contributed by atoms with Gasteiger partial charge in [-0.25, -0.2) is 4.39 Å². The van der Waals surface area contributed by atoms with Gasteiger partial charge in [0.25, 0.3) is 0 Å². The van der Waals surface area contributed by atoms with Gasteiger partial charge in [-0.1, -0.05) is 22.6 Å². The Bertz CT molecular complexity index is 1010. The Morgan fingerprint density at radius 3 is 2.22 bits per heavy atom. The molecule has 2 rings (SSSR count). The second-order valence-corrected chi connectivity index (χ2v) is 9.72. The first-order valence-electron chi connectivity index (χ1n) is 12.8.